The van der Waals surface area contributed by atoms with Crippen LogP contribution in [-0.2, 0) is 9.53 Å². The fourth-order valence-corrected chi connectivity index (χ4v) is 1.78. The topological polar surface area (TPSA) is 51.0 Å². The fourth-order valence-electron chi connectivity index (χ4n) is 1.78. The van der Waals surface area contributed by atoms with E-state index in [1.807, 2.05) is 27.7 Å². The molecule has 0 fully saturated rings. The van der Waals surface area contributed by atoms with Gasteiger partial charge >= 0.3 is 0 Å². The Morgan fingerprint density at radius 3 is 2.05 bits per heavy atom. The lowest BCUT2D eigenvalue weighted by Gasteiger charge is -2.28. The van der Waals surface area contributed by atoms with Gasteiger partial charge in [-0.3, -0.25) is 4.79 Å². The number of azo groups is 1. The Labute approximate surface area is 117 Å². The van der Waals surface area contributed by atoms with E-state index in [4.69, 9.17) is 4.74 Å². The predicted octanol–water partition coefficient (Wildman–Crippen LogP) is 4.51. The molecule has 0 spiro atoms. The van der Waals surface area contributed by atoms with Crippen LogP contribution in [0.15, 0.2) is 22.1 Å². The van der Waals surface area contributed by atoms with Gasteiger partial charge in [0.2, 0.25) is 5.72 Å². The molecule has 0 aliphatic rings. The van der Waals surface area contributed by atoms with Gasteiger partial charge in [0.1, 0.15) is 0 Å². The first-order valence-corrected chi connectivity index (χ1v) is 6.75. The highest BCUT2D eigenvalue weighted by Gasteiger charge is 2.28. The summed E-state index contributed by atoms with van der Waals surface area (Å²) in [5.74, 6) is 0.967. The van der Waals surface area contributed by atoms with Crippen LogP contribution in [0.4, 0.5) is 0 Å². The summed E-state index contributed by atoms with van der Waals surface area (Å²) < 4.78 is 5.83. The third-order valence-electron chi connectivity index (χ3n) is 2.14. The van der Waals surface area contributed by atoms with Crippen molar-refractivity contribution in [3.63, 3.8) is 0 Å². The summed E-state index contributed by atoms with van der Waals surface area (Å²) in [5.41, 5.74) is -0.961. The monoisotopic (exact) mass is 268 g/mol. The average molecular weight is 268 g/mol. The summed E-state index contributed by atoms with van der Waals surface area (Å²) in [4.78, 5) is 11.1. The van der Waals surface area contributed by atoms with Gasteiger partial charge in [-0.25, -0.2) is 0 Å². The van der Waals surface area contributed by atoms with Crippen molar-refractivity contribution in [2.24, 2.45) is 16.1 Å². The quantitative estimate of drug-likeness (QED) is 0.404. The van der Waals surface area contributed by atoms with Gasteiger partial charge in [0.15, 0.2) is 5.78 Å². The largest absolute Gasteiger partial charge is 0.469 e. The maximum atomic E-state index is 11.1. The van der Waals surface area contributed by atoms with Crippen molar-refractivity contribution < 1.29 is 9.53 Å². The Balaban J connectivity index is 5.08. The molecule has 0 bridgehead atoms. The van der Waals surface area contributed by atoms with Crippen LogP contribution in [0.5, 0.6) is 0 Å². The van der Waals surface area contributed by atoms with Crippen LogP contribution < -0.4 is 0 Å². The number of allylic oxidation sites excluding steroid dienone is 2. The van der Waals surface area contributed by atoms with Crippen molar-refractivity contribution in [3.05, 3.63) is 11.8 Å². The van der Waals surface area contributed by atoms with Crippen molar-refractivity contribution in [1.29, 1.82) is 0 Å². The molecule has 110 valence electrons. The molecule has 4 heteroatoms. The van der Waals surface area contributed by atoms with E-state index in [2.05, 4.69) is 24.1 Å². The highest BCUT2D eigenvalue weighted by molar-refractivity contribution is 5.87. The summed E-state index contributed by atoms with van der Waals surface area (Å²) in [6.45, 7) is 15.4. The first-order valence-electron chi connectivity index (χ1n) is 6.75. The van der Waals surface area contributed by atoms with Crippen molar-refractivity contribution in [2.75, 3.05) is 0 Å². The summed E-state index contributed by atoms with van der Waals surface area (Å²) in [5, 5.41) is 8.67. The zero-order chi connectivity index (χ0) is 15.3. The minimum atomic E-state index is -0.725. The van der Waals surface area contributed by atoms with E-state index in [0.29, 0.717) is 11.7 Å². The molecular weight excluding hydrogens is 240 g/mol. The van der Waals surface area contributed by atoms with Gasteiger partial charge < -0.3 is 4.74 Å². The van der Waals surface area contributed by atoms with Crippen LogP contribution in [0.1, 0.15) is 61.8 Å². The van der Waals surface area contributed by atoms with E-state index in [-0.39, 0.29) is 11.3 Å². The first kappa shape index (κ1) is 17.8. The molecule has 0 N–H and O–H groups in total. The molecule has 0 aliphatic carbocycles. The van der Waals surface area contributed by atoms with E-state index in [1.165, 1.54) is 13.0 Å². The summed E-state index contributed by atoms with van der Waals surface area (Å²) >= 11 is 0. The molecule has 19 heavy (non-hydrogen) atoms. The van der Waals surface area contributed by atoms with E-state index in [9.17, 15) is 4.79 Å². The molecule has 0 saturated carbocycles. The third kappa shape index (κ3) is 9.40. The smallest absolute Gasteiger partial charge is 0.215 e. The summed E-state index contributed by atoms with van der Waals surface area (Å²) in [6.07, 6.45) is 2.22. The van der Waals surface area contributed by atoms with E-state index < -0.39 is 5.72 Å². The minimum Gasteiger partial charge on any atom is -0.469 e. The highest BCUT2D eigenvalue weighted by atomic mass is 16.5. The predicted molar refractivity (Wildman–Crippen MR) is 78.0 cm³/mol. The van der Waals surface area contributed by atoms with Gasteiger partial charge in [0, 0.05) is 12.5 Å². The molecule has 0 rings (SSSR count). The molecule has 1 unspecified atom stereocenters. The molecule has 0 heterocycles. The Kier molecular flexibility index (Phi) is 6.40. The molecule has 0 aromatic heterocycles. The van der Waals surface area contributed by atoms with E-state index in [0.717, 1.165) is 6.42 Å². The van der Waals surface area contributed by atoms with E-state index >= 15 is 0 Å². The SMILES string of the molecule is CC(=O)C=C(C)OC(C)(CC(C)C)N=NC(C)(C)C. The Hall–Kier alpha value is -1.19. The van der Waals surface area contributed by atoms with Crippen LogP contribution in [0, 0.1) is 5.92 Å². The summed E-state index contributed by atoms with van der Waals surface area (Å²) in [6, 6.07) is 0. The minimum absolute atomic E-state index is 0.0304. The molecule has 0 aliphatic heterocycles. The third-order valence-corrected chi connectivity index (χ3v) is 2.14. The number of ether oxygens (including phenoxy) is 1. The normalized spacial score (nSPS) is 16.8. The zero-order valence-corrected chi connectivity index (χ0v) is 13.6. The Bertz CT molecular complexity index is 365. The lowest BCUT2D eigenvalue weighted by Crippen LogP contribution is -2.28. The maximum absolute atomic E-state index is 11.1. The van der Waals surface area contributed by atoms with Gasteiger partial charge in [0.25, 0.3) is 0 Å². The average Bonchev–Trinajstić information content (AvgIpc) is 2.10. The molecule has 0 amide bonds. The van der Waals surface area contributed by atoms with Crippen LogP contribution in [0.25, 0.3) is 0 Å². The molecular formula is C15H28N2O2. The van der Waals surface area contributed by atoms with Gasteiger partial charge in [0.05, 0.1) is 11.3 Å². The second-order valence-corrected chi connectivity index (χ2v) is 6.61. The molecule has 0 aromatic rings. The number of carbonyl (C=O) groups excluding carboxylic acids is 1. The van der Waals surface area contributed by atoms with Crippen molar-refractivity contribution in [3.8, 4) is 0 Å². The number of rotatable bonds is 6. The molecule has 0 saturated heterocycles. The Morgan fingerprint density at radius 1 is 1.16 bits per heavy atom. The molecule has 0 radical (unpaired) electrons. The van der Waals surface area contributed by atoms with Crippen LogP contribution in [0.3, 0.4) is 0 Å². The van der Waals surface area contributed by atoms with Crippen molar-refractivity contribution in [1.82, 2.24) is 0 Å². The van der Waals surface area contributed by atoms with Gasteiger partial charge in [-0.05, 0) is 47.5 Å². The standard InChI is InChI=1S/C15H28N2O2/c1-11(2)10-15(8,17-16-14(5,6)7)19-13(4)9-12(3)18/h9,11H,10H2,1-8H3. The zero-order valence-electron chi connectivity index (χ0n) is 13.6. The van der Waals surface area contributed by atoms with Gasteiger partial charge in [-0.2, -0.15) is 5.11 Å². The Morgan fingerprint density at radius 2 is 1.68 bits per heavy atom. The molecule has 1 atom stereocenters. The van der Waals surface area contributed by atoms with Gasteiger partial charge in [-0.1, -0.05) is 13.8 Å². The number of hydrogen-bond acceptors (Lipinski definition) is 4. The number of ketones is 1. The number of nitrogens with zero attached hydrogens (tertiary/aromatic N) is 2. The van der Waals surface area contributed by atoms with Crippen LogP contribution in [0.2, 0.25) is 0 Å². The number of hydrogen-bond donors (Lipinski definition) is 0. The summed E-state index contributed by atoms with van der Waals surface area (Å²) in [7, 11) is 0. The van der Waals surface area contributed by atoms with Crippen LogP contribution in [-0.4, -0.2) is 17.0 Å². The van der Waals surface area contributed by atoms with Crippen LogP contribution >= 0.6 is 0 Å². The number of carbonyl (C=O) groups is 1. The fraction of sp³-hybridized carbons (Fsp3) is 0.800. The first-order chi connectivity index (χ1) is 8.43. The molecule has 4 nitrogen and oxygen atoms in total. The van der Waals surface area contributed by atoms with E-state index in [1.54, 1.807) is 6.92 Å². The lowest BCUT2D eigenvalue weighted by atomic mass is 10.0. The lowest BCUT2D eigenvalue weighted by molar-refractivity contribution is -0.113. The second-order valence-electron chi connectivity index (χ2n) is 6.61. The highest BCUT2D eigenvalue weighted by Crippen LogP contribution is 2.27. The van der Waals surface area contributed by atoms with Crippen molar-refractivity contribution >= 4 is 5.78 Å². The van der Waals surface area contributed by atoms with Gasteiger partial charge in [-0.15, -0.1) is 5.11 Å². The van der Waals surface area contributed by atoms with Crippen molar-refractivity contribution in [2.45, 2.75) is 73.1 Å². The molecule has 0 aromatic carbocycles. The maximum Gasteiger partial charge on any atom is 0.215 e. The second kappa shape index (κ2) is 6.83.